The standard InChI is InChI=1S/C14H8Cl2F4N2O2/c15-9-4-10(16)11(17)3-8(9)13(23)22-7-1-2-12(21-5-7)24-6-14(18,19)20/h1-5H,6H2,(H,22,23). The third kappa shape index (κ3) is 4.97. The van der Waals surface area contributed by atoms with Crippen LogP contribution < -0.4 is 10.1 Å². The molecule has 0 unspecified atom stereocenters. The molecule has 0 aliphatic carbocycles. The number of nitrogens with one attached hydrogen (secondary N) is 1. The fraction of sp³-hybridized carbons (Fsp3) is 0.143. The van der Waals surface area contributed by atoms with Gasteiger partial charge in [-0.15, -0.1) is 0 Å². The van der Waals surface area contributed by atoms with Crippen molar-refractivity contribution in [2.24, 2.45) is 0 Å². The molecule has 24 heavy (non-hydrogen) atoms. The molecule has 4 nitrogen and oxygen atoms in total. The van der Waals surface area contributed by atoms with Crippen LogP contribution in [0.25, 0.3) is 0 Å². The minimum Gasteiger partial charge on any atom is -0.468 e. The molecular formula is C14H8Cl2F4N2O2. The Labute approximate surface area is 143 Å². The van der Waals surface area contributed by atoms with Crippen LogP contribution in [0.1, 0.15) is 10.4 Å². The van der Waals surface area contributed by atoms with Gasteiger partial charge in [-0.05, 0) is 18.2 Å². The second-order valence-electron chi connectivity index (χ2n) is 4.49. The number of halogens is 6. The molecule has 0 saturated carbocycles. The third-order valence-corrected chi connectivity index (χ3v) is 3.23. The maximum atomic E-state index is 13.4. The van der Waals surface area contributed by atoms with Crippen LogP contribution in [0.3, 0.4) is 0 Å². The number of anilines is 1. The van der Waals surface area contributed by atoms with E-state index in [1.54, 1.807) is 0 Å². The molecule has 0 bridgehead atoms. The number of carbonyl (C=O) groups is 1. The molecule has 0 fully saturated rings. The van der Waals surface area contributed by atoms with E-state index in [2.05, 4.69) is 15.0 Å². The number of pyridine rings is 1. The van der Waals surface area contributed by atoms with Gasteiger partial charge in [0.1, 0.15) is 5.82 Å². The van der Waals surface area contributed by atoms with Crippen molar-refractivity contribution >= 4 is 34.8 Å². The highest BCUT2D eigenvalue weighted by Crippen LogP contribution is 2.25. The van der Waals surface area contributed by atoms with E-state index in [0.29, 0.717) is 0 Å². The number of ether oxygens (including phenoxy) is 1. The Kier molecular flexibility index (Phi) is 5.51. The smallest absolute Gasteiger partial charge is 0.422 e. The van der Waals surface area contributed by atoms with E-state index in [1.807, 2.05) is 0 Å². The predicted molar refractivity (Wildman–Crippen MR) is 80.2 cm³/mol. The molecule has 1 aromatic carbocycles. The summed E-state index contributed by atoms with van der Waals surface area (Å²) in [6.07, 6.45) is -3.40. The Morgan fingerprint density at radius 1 is 1.21 bits per heavy atom. The van der Waals surface area contributed by atoms with Crippen molar-refractivity contribution in [2.45, 2.75) is 6.18 Å². The zero-order chi connectivity index (χ0) is 17.9. The molecule has 0 aliphatic heterocycles. The summed E-state index contributed by atoms with van der Waals surface area (Å²) in [4.78, 5) is 15.6. The van der Waals surface area contributed by atoms with Gasteiger partial charge in [0.2, 0.25) is 5.88 Å². The number of aromatic nitrogens is 1. The Hall–Kier alpha value is -2.06. The van der Waals surface area contributed by atoms with Crippen LogP contribution in [-0.2, 0) is 0 Å². The highest BCUT2D eigenvalue weighted by atomic mass is 35.5. The zero-order valence-electron chi connectivity index (χ0n) is 11.6. The second-order valence-corrected chi connectivity index (χ2v) is 5.30. The number of hydrogen-bond donors (Lipinski definition) is 1. The second kappa shape index (κ2) is 7.23. The molecular weight excluding hydrogens is 375 g/mol. The van der Waals surface area contributed by atoms with Crippen LogP contribution in [0.15, 0.2) is 30.5 Å². The van der Waals surface area contributed by atoms with Crippen LogP contribution >= 0.6 is 23.2 Å². The van der Waals surface area contributed by atoms with Crippen molar-refractivity contribution in [3.63, 3.8) is 0 Å². The number of carbonyl (C=O) groups excluding carboxylic acids is 1. The van der Waals surface area contributed by atoms with Crippen LogP contribution in [0.5, 0.6) is 5.88 Å². The average Bonchev–Trinajstić information content (AvgIpc) is 2.49. The van der Waals surface area contributed by atoms with Crippen LogP contribution in [0.2, 0.25) is 10.0 Å². The van der Waals surface area contributed by atoms with Gasteiger partial charge >= 0.3 is 6.18 Å². The molecule has 1 heterocycles. The van der Waals surface area contributed by atoms with Crippen molar-refractivity contribution in [1.82, 2.24) is 4.98 Å². The number of hydrogen-bond acceptors (Lipinski definition) is 3. The first kappa shape index (κ1) is 18.3. The first-order valence-electron chi connectivity index (χ1n) is 6.27. The Bertz CT molecular complexity index is 752. The molecule has 0 aliphatic rings. The lowest BCUT2D eigenvalue weighted by Gasteiger charge is -2.10. The van der Waals surface area contributed by atoms with Crippen molar-refractivity contribution < 1.29 is 27.1 Å². The molecule has 0 saturated heterocycles. The molecule has 0 atom stereocenters. The highest BCUT2D eigenvalue weighted by molar-refractivity contribution is 6.37. The van der Waals surface area contributed by atoms with Gasteiger partial charge < -0.3 is 10.1 Å². The number of benzene rings is 1. The molecule has 2 aromatic rings. The lowest BCUT2D eigenvalue weighted by atomic mass is 10.2. The minimum absolute atomic E-state index is 0.0583. The summed E-state index contributed by atoms with van der Waals surface area (Å²) in [5.74, 6) is -1.82. The van der Waals surface area contributed by atoms with Gasteiger partial charge in [0.25, 0.3) is 5.91 Å². The van der Waals surface area contributed by atoms with Crippen molar-refractivity contribution in [2.75, 3.05) is 11.9 Å². The molecule has 10 heteroatoms. The SMILES string of the molecule is O=C(Nc1ccc(OCC(F)(F)F)nc1)c1cc(F)c(Cl)cc1Cl. The van der Waals surface area contributed by atoms with E-state index >= 15 is 0 Å². The van der Waals surface area contributed by atoms with Crippen LogP contribution in [0.4, 0.5) is 23.2 Å². The molecule has 1 aromatic heterocycles. The number of alkyl halides is 3. The Morgan fingerprint density at radius 2 is 1.92 bits per heavy atom. The Balaban J connectivity index is 2.06. The first-order chi connectivity index (χ1) is 11.2. The minimum atomic E-state index is -4.48. The third-order valence-electron chi connectivity index (χ3n) is 2.63. The normalized spacial score (nSPS) is 11.2. The van der Waals surface area contributed by atoms with Crippen LogP contribution in [-0.4, -0.2) is 23.7 Å². The molecule has 2 rings (SSSR count). The molecule has 1 amide bonds. The summed E-state index contributed by atoms with van der Waals surface area (Å²) in [5.41, 5.74) is 0.00162. The van der Waals surface area contributed by atoms with Gasteiger partial charge in [0, 0.05) is 6.07 Å². The summed E-state index contributed by atoms with van der Waals surface area (Å²) in [6.45, 7) is -1.48. The topological polar surface area (TPSA) is 51.2 Å². The first-order valence-corrected chi connectivity index (χ1v) is 7.03. The van der Waals surface area contributed by atoms with Gasteiger partial charge in [-0.2, -0.15) is 13.2 Å². The summed E-state index contributed by atoms with van der Waals surface area (Å²) in [6, 6.07) is 4.37. The number of amides is 1. The van der Waals surface area contributed by atoms with Gasteiger partial charge in [0.15, 0.2) is 6.61 Å². The molecule has 128 valence electrons. The molecule has 0 spiro atoms. The van der Waals surface area contributed by atoms with Crippen LogP contribution in [0, 0.1) is 5.82 Å². The number of rotatable bonds is 4. The average molecular weight is 383 g/mol. The fourth-order valence-electron chi connectivity index (χ4n) is 1.59. The summed E-state index contributed by atoms with van der Waals surface area (Å²) in [7, 11) is 0. The zero-order valence-corrected chi connectivity index (χ0v) is 13.1. The van der Waals surface area contributed by atoms with Gasteiger partial charge in [-0.25, -0.2) is 9.37 Å². The lowest BCUT2D eigenvalue weighted by molar-refractivity contribution is -0.154. The van der Waals surface area contributed by atoms with E-state index in [9.17, 15) is 22.4 Å². The summed E-state index contributed by atoms with van der Waals surface area (Å²) >= 11 is 11.4. The van der Waals surface area contributed by atoms with Crippen molar-refractivity contribution in [1.29, 1.82) is 0 Å². The van der Waals surface area contributed by atoms with E-state index in [0.717, 1.165) is 24.4 Å². The fourth-order valence-corrected chi connectivity index (χ4v) is 2.06. The maximum absolute atomic E-state index is 13.4. The maximum Gasteiger partial charge on any atom is 0.422 e. The summed E-state index contributed by atoms with van der Waals surface area (Å²) in [5, 5.41) is 2.08. The van der Waals surface area contributed by atoms with E-state index in [1.165, 1.54) is 6.07 Å². The lowest BCUT2D eigenvalue weighted by Crippen LogP contribution is -2.19. The largest absolute Gasteiger partial charge is 0.468 e. The Morgan fingerprint density at radius 3 is 2.50 bits per heavy atom. The summed E-state index contributed by atoms with van der Waals surface area (Å²) < 4.78 is 53.9. The van der Waals surface area contributed by atoms with Gasteiger partial charge in [-0.1, -0.05) is 23.2 Å². The van der Waals surface area contributed by atoms with Crippen molar-refractivity contribution in [3.05, 3.63) is 51.9 Å². The van der Waals surface area contributed by atoms with Gasteiger partial charge in [-0.3, -0.25) is 4.79 Å². The monoisotopic (exact) mass is 382 g/mol. The molecule has 0 radical (unpaired) electrons. The molecule has 1 N–H and O–H groups in total. The highest BCUT2D eigenvalue weighted by Gasteiger charge is 2.28. The van der Waals surface area contributed by atoms with E-state index < -0.39 is 24.5 Å². The predicted octanol–water partition coefficient (Wildman–Crippen LogP) is 4.72. The quantitative estimate of drug-likeness (QED) is 0.614. The van der Waals surface area contributed by atoms with E-state index in [-0.39, 0.29) is 27.2 Å². The van der Waals surface area contributed by atoms with E-state index in [4.69, 9.17) is 23.2 Å². The van der Waals surface area contributed by atoms with Gasteiger partial charge in [0.05, 0.1) is 27.5 Å². The van der Waals surface area contributed by atoms with Crippen molar-refractivity contribution in [3.8, 4) is 5.88 Å². The number of nitrogens with zero attached hydrogens (tertiary/aromatic N) is 1.